The number of hydrogen-bond donors (Lipinski definition) is 1. The summed E-state index contributed by atoms with van der Waals surface area (Å²) in [6.45, 7) is 0. The minimum absolute atomic E-state index is 0.170. The predicted octanol–water partition coefficient (Wildman–Crippen LogP) is 7.04. The molecular weight excluding hydrogens is 628 g/mol. The van der Waals surface area contributed by atoms with Gasteiger partial charge < -0.3 is 4.74 Å². The first kappa shape index (κ1) is 24.3. The normalized spacial score (nSPS) is 11.0. The number of carbonyl (C=O) groups excluding carboxylic acids is 2. The first-order valence-electron chi connectivity index (χ1n) is 10.2. The summed E-state index contributed by atoms with van der Waals surface area (Å²) in [6.07, 6.45) is 1.61. The van der Waals surface area contributed by atoms with Crippen molar-refractivity contribution in [3.8, 4) is 5.75 Å². The van der Waals surface area contributed by atoms with E-state index in [9.17, 15) is 9.59 Å². The molecule has 170 valence electrons. The first-order valence-corrected chi connectivity index (χ1v) is 12.5. The van der Waals surface area contributed by atoms with Crippen LogP contribution >= 0.6 is 47.8 Å². The van der Waals surface area contributed by atoms with Crippen LogP contribution in [0.3, 0.4) is 0 Å². The summed E-state index contributed by atoms with van der Waals surface area (Å²) < 4.78 is 7.92. The van der Waals surface area contributed by atoms with Crippen LogP contribution in [0.1, 0.15) is 21.5 Å². The quantitative estimate of drug-likeness (QED) is 0.106. The standard InChI is InChI=1S/C26H17Br3N2O3/c27-19-12-18(25(23(29)14-19)34-26(33)16-6-2-1-3-7-16)15-30-31-24(32)13-17-10-11-22(28)21-9-5-4-8-20(17)21/h1-12,14-15H,13H2,(H,31,32)/b30-15+. The Labute approximate surface area is 221 Å². The third kappa shape index (κ3) is 5.81. The molecule has 1 N–H and O–H groups in total. The summed E-state index contributed by atoms with van der Waals surface area (Å²) in [7, 11) is 0. The van der Waals surface area contributed by atoms with Crippen LogP contribution in [0, 0.1) is 0 Å². The molecule has 1 amide bonds. The molecule has 0 aliphatic carbocycles. The van der Waals surface area contributed by atoms with Gasteiger partial charge in [-0.3, -0.25) is 4.79 Å². The van der Waals surface area contributed by atoms with Crippen molar-refractivity contribution >= 4 is 76.7 Å². The van der Waals surface area contributed by atoms with E-state index in [0.29, 0.717) is 21.3 Å². The van der Waals surface area contributed by atoms with Gasteiger partial charge >= 0.3 is 5.97 Å². The number of amides is 1. The van der Waals surface area contributed by atoms with Gasteiger partial charge in [-0.05, 0) is 62.6 Å². The van der Waals surface area contributed by atoms with E-state index in [4.69, 9.17) is 4.74 Å². The lowest BCUT2D eigenvalue weighted by Crippen LogP contribution is -2.20. The van der Waals surface area contributed by atoms with Crippen LogP contribution in [0.25, 0.3) is 10.8 Å². The maximum absolute atomic E-state index is 12.6. The number of fused-ring (bicyclic) bond motifs is 1. The van der Waals surface area contributed by atoms with Crippen molar-refractivity contribution in [2.45, 2.75) is 6.42 Å². The van der Waals surface area contributed by atoms with E-state index >= 15 is 0 Å². The van der Waals surface area contributed by atoms with E-state index in [1.165, 1.54) is 6.21 Å². The number of rotatable bonds is 6. The monoisotopic (exact) mass is 642 g/mol. The van der Waals surface area contributed by atoms with Crippen LogP contribution in [-0.2, 0) is 11.2 Å². The summed E-state index contributed by atoms with van der Waals surface area (Å²) in [5.41, 5.74) is 4.40. The summed E-state index contributed by atoms with van der Waals surface area (Å²) in [4.78, 5) is 25.1. The van der Waals surface area contributed by atoms with E-state index < -0.39 is 5.97 Å². The summed E-state index contributed by atoms with van der Waals surface area (Å²) in [6, 6.07) is 24.0. The van der Waals surface area contributed by atoms with E-state index in [2.05, 4.69) is 58.3 Å². The second-order valence-electron chi connectivity index (χ2n) is 7.28. The molecule has 0 fully saturated rings. The molecule has 4 aromatic rings. The average molecular weight is 645 g/mol. The van der Waals surface area contributed by atoms with Gasteiger partial charge in [0.05, 0.1) is 22.7 Å². The zero-order valence-electron chi connectivity index (χ0n) is 17.6. The molecule has 0 unspecified atom stereocenters. The molecule has 0 bridgehead atoms. The van der Waals surface area contributed by atoms with Gasteiger partial charge in [-0.1, -0.05) is 80.4 Å². The summed E-state index contributed by atoms with van der Waals surface area (Å²) in [5, 5.41) is 6.14. The highest BCUT2D eigenvalue weighted by atomic mass is 79.9. The van der Waals surface area contributed by atoms with Crippen LogP contribution in [0.5, 0.6) is 5.75 Å². The molecule has 0 saturated carbocycles. The van der Waals surface area contributed by atoms with Gasteiger partial charge in [0.15, 0.2) is 5.75 Å². The smallest absolute Gasteiger partial charge is 0.343 e. The zero-order valence-corrected chi connectivity index (χ0v) is 22.4. The van der Waals surface area contributed by atoms with Crippen molar-refractivity contribution in [3.05, 3.63) is 109 Å². The van der Waals surface area contributed by atoms with Crippen LogP contribution in [-0.4, -0.2) is 18.1 Å². The Morgan fingerprint density at radius 1 is 0.853 bits per heavy atom. The fourth-order valence-corrected chi connectivity index (χ4v) is 5.19. The van der Waals surface area contributed by atoms with Gasteiger partial charge in [-0.25, -0.2) is 10.2 Å². The highest BCUT2D eigenvalue weighted by molar-refractivity contribution is 9.11. The molecule has 0 radical (unpaired) electrons. The number of nitrogens with zero attached hydrogens (tertiary/aromatic N) is 1. The number of esters is 1. The number of hydrazone groups is 1. The molecule has 4 aromatic carbocycles. The number of carbonyl (C=O) groups is 2. The summed E-state index contributed by atoms with van der Waals surface area (Å²) in [5.74, 6) is -0.459. The van der Waals surface area contributed by atoms with E-state index in [1.54, 1.807) is 36.4 Å². The van der Waals surface area contributed by atoms with Crippen molar-refractivity contribution in [2.24, 2.45) is 5.10 Å². The third-order valence-corrected chi connectivity index (χ3v) is 6.68. The Balaban J connectivity index is 1.50. The minimum atomic E-state index is -0.496. The molecule has 0 heterocycles. The Hall–Kier alpha value is -2.81. The molecule has 0 spiro atoms. The van der Waals surface area contributed by atoms with Gasteiger partial charge in [0, 0.05) is 14.5 Å². The van der Waals surface area contributed by atoms with Crippen molar-refractivity contribution in [1.29, 1.82) is 0 Å². The lowest BCUT2D eigenvalue weighted by molar-refractivity contribution is -0.120. The molecular formula is C26H17Br3N2O3. The maximum Gasteiger partial charge on any atom is 0.343 e. The Morgan fingerprint density at radius 2 is 1.56 bits per heavy atom. The number of ether oxygens (including phenoxy) is 1. The topological polar surface area (TPSA) is 67.8 Å². The molecule has 4 rings (SSSR count). The largest absolute Gasteiger partial charge is 0.421 e. The number of nitrogens with one attached hydrogen (secondary N) is 1. The van der Waals surface area contributed by atoms with Gasteiger partial charge in [0.25, 0.3) is 0 Å². The van der Waals surface area contributed by atoms with Crippen LogP contribution in [0.15, 0.2) is 97.4 Å². The molecule has 5 nitrogen and oxygen atoms in total. The summed E-state index contributed by atoms with van der Waals surface area (Å²) >= 11 is 10.4. The molecule has 8 heteroatoms. The number of halogens is 3. The lowest BCUT2D eigenvalue weighted by Gasteiger charge is -2.11. The van der Waals surface area contributed by atoms with Crippen LogP contribution < -0.4 is 10.2 Å². The van der Waals surface area contributed by atoms with Crippen molar-refractivity contribution in [2.75, 3.05) is 0 Å². The second-order valence-corrected chi connectivity index (χ2v) is 9.91. The van der Waals surface area contributed by atoms with Gasteiger partial charge in [0.1, 0.15) is 0 Å². The van der Waals surface area contributed by atoms with Gasteiger partial charge in [0.2, 0.25) is 5.91 Å². The third-order valence-electron chi connectivity index (χ3n) is 4.95. The molecule has 0 aromatic heterocycles. The number of hydrogen-bond acceptors (Lipinski definition) is 4. The highest BCUT2D eigenvalue weighted by Crippen LogP contribution is 2.33. The van der Waals surface area contributed by atoms with E-state index in [1.807, 2.05) is 42.5 Å². The first-order chi connectivity index (χ1) is 16.4. The highest BCUT2D eigenvalue weighted by Gasteiger charge is 2.15. The van der Waals surface area contributed by atoms with E-state index in [-0.39, 0.29) is 12.3 Å². The SMILES string of the molecule is O=C(Cc1ccc(Br)c2ccccc12)N/N=C/c1cc(Br)cc(Br)c1OC(=O)c1ccccc1. The van der Waals surface area contributed by atoms with Gasteiger partial charge in [-0.15, -0.1) is 0 Å². The molecule has 0 atom stereocenters. The average Bonchev–Trinajstić information content (AvgIpc) is 2.83. The minimum Gasteiger partial charge on any atom is -0.421 e. The molecule has 0 aliphatic rings. The Morgan fingerprint density at radius 3 is 2.32 bits per heavy atom. The molecule has 0 saturated heterocycles. The predicted molar refractivity (Wildman–Crippen MR) is 144 cm³/mol. The van der Waals surface area contributed by atoms with Crippen LogP contribution in [0.2, 0.25) is 0 Å². The zero-order chi connectivity index (χ0) is 24.1. The number of benzene rings is 4. The Bertz CT molecular complexity index is 1410. The van der Waals surface area contributed by atoms with Crippen LogP contribution in [0.4, 0.5) is 0 Å². The fourth-order valence-electron chi connectivity index (χ4n) is 3.37. The van der Waals surface area contributed by atoms with Crippen molar-refractivity contribution < 1.29 is 14.3 Å². The van der Waals surface area contributed by atoms with Gasteiger partial charge in [-0.2, -0.15) is 5.10 Å². The maximum atomic E-state index is 12.6. The fraction of sp³-hybridized carbons (Fsp3) is 0.0385. The molecule has 34 heavy (non-hydrogen) atoms. The second kappa shape index (κ2) is 11.1. The van der Waals surface area contributed by atoms with Crippen molar-refractivity contribution in [3.63, 3.8) is 0 Å². The van der Waals surface area contributed by atoms with E-state index in [0.717, 1.165) is 25.3 Å². The van der Waals surface area contributed by atoms with Crippen molar-refractivity contribution in [1.82, 2.24) is 5.43 Å². The Kier molecular flexibility index (Phi) is 7.92. The lowest BCUT2D eigenvalue weighted by atomic mass is 10.0. The molecule has 0 aliphatic heterocycles.